The van der Waals surface area contributed by atoms with Crippen molar-refractivity contribution in [2.75, 3.05) is 13.6 Å². The lowest BCUT2D eigenvalue weighted by atomic mass is 10.00. The molecule has 6 heteroatoms. The molecule has 1 aliphatic rings. The van der Waals surface area contributed by atoms with E-state index in [4.69, 9.17) is 16.3 Å². The molecule has 5 nitrogen and oxygen atoms in total. The molecule has 0 bridgehead atoms. The van der Waals surface area contributed by atoms with Crippen LogP contribution in [-0.4, -0.2) is 42.0 Å². The maximum absolute atomic E-state index is 12.2. The zero-order valence-electron chi connectivity index (χ0n) is 15.3. The number of likely N-dealkylation sites (tertiary alicyclic amines) is 1. The molecule has 0 aromatic heterocycles. The molecule has 1 heterocycles. The van der Waals surface area contributed by atoms with Crippen LogP contribution in [0.25, 0.3) is 0 Å². The third kappa shape index (κ3) is 6.01. The fourth-order valence-electron chi connectivity index (χ4n) is 3.13. The highest BCUT2D eigenvalue weighted by Crippen LogP contribution is 2.31. The second kappa shape index (κ2) is 8.19. The number of nitrogens with zero attached hydrogens (tertiary/aromatic N) is 1. The SMILES string of the molecule is CN1CC[C@@H](NC(=O)CCC(=O)OC(C)(C)C)[C@H]1c1ccc(Cl)cc1. The van der Waals surface area contributed by atoms with E-state index in [1.807, 2.05) is 52.1 Å². The van der Waals surface area contributed by atoms with E-state index in [1.54, 1.807) is 0 Å². The number of esters is 1. The van der Waals surface area contributed by atoms with E-state index in [9.17, 15) is 9.59 Å². The second-order valence-electron chi connectivity index (χ2n) is 7.53. The third-order valence-corrected chi connectivity index (χ3v) is 4.43. The average Bonchev–Trinajstić information content (AvgIpc) is 2.85. The summed E-state index contributed by atoms with van der Waals surface area (Å²) in [5.74, 6) is -0.467. The Morgan fingerprint density at radius 1 is 1.24 bits per heavy atom. The van der Waals surface area contributed by atoms with Crippen molar-refractivity contribution in [3.8, 4) is 0 Å². The summed E-state index contributed by atoms with van der Waals surface area (Å²) in [6, 6.07) is 7.86. The van der Waals surface area contributed by atoms with Gasteiger partial charge in [-0.2, -0.15) is 0 Å². The van der Waals surface area contributed by atoms with Crippen LogP contribution in [0.2, 0.25) is 5.02 Å². The number of halogens is 1. The second-order valence-corrected chi connectivity index (χ2v) is 7.96. The molecule has 138 valence electrons. The molecule has 1 fully saturated rings. The van der Waals surface area contributed by atoms with Gasteiger partial charge >= 0.3 is 5.97 Å². The maximum Gasteiger partial charge on any atom is 0.306 e. The predicted octanol–water partition coefficient (Wildman–Crippen LogP) is 3.32. The van der Waals surface area contributed by atoms with Crippen molar-refractivity contribution in [3.05, 3.63) is 34.9 Å². The molecular weight excluding hydrogens is 340 g/mol. The number of benzene rings is 1. The Balaban J connectivity index is 1.90. The highest BCUT2D eigenvalue weighted by Gasteiger charge is 2.34. The van der Waals surface area contributed by atoms with Crippen molar-refractivity contribution < 1.29 is 14.3 Å². The molecule has 0 unspecified atom stereocenters. The van der Waals surface area contributed by atoms with Gasteiger partial charge in [0.1, 0.15) is 5.60 Å². The van der Waals surface area contributed by atoms with Gasteiger partial charge < -0.3 is 10.1 Å². The molecule has 1 aromatic rings. The highest BCUT2D eigenvalue weighted by atomic mass is 35.5. The molecule has 1 amide bonds. The number of rotatable bonds is 5. The number of likely N-dealkylation sites (N-methyl/N-ethyl adjacent to an activating group) is 1. The monoisotopic (exact) mass is 366 g/mol. The number of hydrogen-bond acceptors (Lipinski definition) is 4. The predicted molar refractivity (Wildman–Crippen MR) is 98.4 cm³/mol. The number of carbonyl (C=O) groups excluding carboxylic acids is 2. The van der Waals surface area contributed by atoms with E-state index < -0.39 is 5.60 Å². The first-order valence-corrected chi connectivity index (χ1v) is 9.00. The Morgan fingerprint density at radius 3 is 2.48 bits per heavy atom. The molecule has 1 aromatic carbocycles. The van der Waals surface area contributed by atoms with Crippen LogP contribution < -0.4 is 5.32 Å². The fraction of sp³-hybridized carbons (Fsp3) is 0.579. The molecular formula is C19H27ClN2O3. The number of carbonyl (C=O) groups is 2. The van der Waals surface area contributed by atoms with Crippen molar-refractivity contribution in [3.63, 3.8) is 0 Å². The number of nitrogens with one attached hydrogen (secondary N) is 1. The summed E-state index contributed by atoms with van der Waals surface area (Å²) in [5.41, 5.74) is 0.600. The van der Waals surface area contributed by atoms with Crippen LogP contribution in [0.4, 0.5) is 0 Å². The van der Waals surface area contributed by atoms with Gasteiger partial charge in [0.25, 0.3) is 0 Å². The minimum absolute atomic E-state index is 0.0253. The van der Waals surface area contributed by atoms with Gasteiger partial charge in [0, 0.05) is 24.0 Å². The summed E-state index contributed by atoms with van der Waals surface area (Å²) in [6.45, 7) is 6.35. The minimum atomic E-state index is -0.526. The van der Waals surface area contributed by atoms with Crippen LogP contribution in [0.15, 0.2) is 24.3 Å². The van der Waals surface area contributed by atoms with Crippen molar-refractivity contribution in [1.82, 2.24) is 10.2 Å². The molecule has 1 saturated heterocycles. The van der Waals surface area contributed by atoms with Gasteiger partial charge in [-0.25, -0.2) is 0 Å². The molecule has 1 N–H and O–H groups in total. The molecule has 1 aliphatic heterocycles. The van der Waals surface area contributed by atoms with E-state index >= 15 is 0 Å². The van der Waals surface area contributed by atoms with Crippen LogP contribution in [-0.2, 0) is 14.3 Å². The lowest BCUT2D eigenvalue weighted by Gasteiger charge is -2.26. The molecule has 2 atom stereocenters. The van der Waals surface area contributed by atoms with Gasteiger partial charge in [0.15, 0.2) is 0 Å². The van der Waals surface area contributed by atoms with E-state index in [-0.39, 0.29) is 36.8 Å². The van der Waals surface area contributed by atoms with Crippen molar-refractivity contribution in [2.24, 2.45) is 0 Å². The first-order chi connectivity index (χ1) is 11.7. The Bertz CT molecular complexity index is 610. The van der Waals surface area contributed by atoms with Gasteiger partial charge in [0.2, 0.25) is 5.91 Å². The van der Waals surface area contributed by atoms with Gasteiger partial charge in [-0.05, 0) is 51.9 Å². The molecule has 25 heavy (non-hydrogen) atoms. The molecule has 0 aliphatic carbocycles. The average molecular weight is 367 g/mol. The summed E-state index contributed by atoms with van der Waals surface area (Å²) >= 11 is 5.96. The van der Waals surface area contributed by atoms with E-state index in [0.29, 0.717) is 5.02 Å². The maximum atomic E-state index is 12.2. The van der Waals surface area contributed by atoms with E-state index in [1.165, 1.54) is 0 Å². The summed E-state index contributed by atoms with van der Waals surface area (Å²) in [6.07, 6.45) is 1.11. The van der Waals surface area contributed by atoms with Gasteiger partial charge in [-0.3, -0.25) is 14.5 Å². The Hall–Kier alpha value is -1.59. The first-order valence-electron chi connectivity index (χ1n) is 8.62. The van der Waals surface area contributed by atoms with Gasteiger partial charge in [0.05, 0.1) is 12.5 Å². The van der Waals surface area contributed by atoms with Crippen molar-refractivity contribution in [1.29, 1.82) is 0 Å². The summed E-state index contributed by atoms with van der Waals surface area (Å²) < 4.78 is 5.24. The van der Waals surface area contributed by atoms with Crippen LogP contribution in [0.3, 0.4) is 0 Å². The lowest BCUT2D eigenvalue weighted by molar-refractivity contribution is -0.155. The topological polar surface area (TPSA) is 58.6 Å². The largest absolute Gasteiger partial charge is 0.460 e. The van der Waals surface area contributed by atoms with Crippen molar-refractivity contribution >= 4 is 23.5 Å². The van der Waals surface area contributed by atoms with E-state index in [0.717, 1.165) is 18.5 Å². The molecule has 2 rings (SSSR count). The third-order valence-electron chi connectivity index (χ3n) is 4.18. The van der Waals surface area contributed by atoms with Gasteiger partial charge in [-0.15, -0.1) is 0 Å². The lowest BCUT2D eigenvalue weighted by Crippen LogP contribution is -2.39. The fourth-order valence-corrected chi connectivity index (χ4v) is 3.26. The quantitative estimate of drug-likeness (QED) is 0.812. The first kappa shape index (κ1) is 19.7. The van der Waals surface area contributed by atoms with Gasteiger partial charge in [-0.1, -0.05) is 23.7 Å². The van der Waals surface area contributed by atoms with E-state index in [2.05, 4.69) is 10.2 Å². The molecule has 0 radical (unpaired) electrons. The highest BCUT2D eigenvalue weighted by molar-refractivity contribution is 6.30. The normalized spacial score (nSPS) is 21.2. The van der Waals surface area contributed by atoms with Crippen LogP contribution in [0.1, 0.15) is 51.6 Å². The number of hydrogen-bond donors (Lipinski definition) is 1. The Morgan fingerprint density at radius 2 is 1.88 bits per heavy atom. The molecule has 0 saturated carbocycles. The Labute approximate surface area is 154 Å². The zero-order chi connectivity index (χ0) is 18.6. The van der Waals surface area contributed by atoms with Crippen molar-refractivity contribution in [2.45, 2.75) is 57.7 Å². The van der Waals surface area contributed by atoms with Crippen LogP contribution in [0, 0.1) is 0 Å². The summed E-state index contributed by atoms with van der Waals surface area (Å²) in [5, 5.41) is 3.77. The molecule has 0 spiro atoms. The number of amides is 1. The van der Waals surface area contributed by atoms with Crippen LogP contribution in [0.5, 0.6) is 0 Å². The minimum Gasteiger partial charge on any atom is -0.460 e. The standard InChI is InChI=1S/C19H27ClN2O3/c1-19(2,3)25-17(24)10-9-16(23)21-15-11-12-22(4)18(15)13-5-7-14(20)8-6-13/h5-8,15,18H,9-12H2,1-4H3,(H,21,23)/t15-,18-/m1/s1. The van der Waals surface area contributed by atoms with Crippen LogP contribution >= 0.6 is 11.6 Å². The Kier molecular flexibility index (Phi) is 6.47. The smallest absolute Gasteiger partial charge is 0.306 e. The zero-order valence-corrected chi connectivity index (χ0v) is 16.1. The summed E-state index contributed by atoms with van der Waals surface area (Å²) in [4.78, 5) is 26.2. The summed E-state index contributed by atoms with van der Waals surface area (Å²) in [7, 11) is 2.05. The number of ether oxygens (including phenoxy) is 1.